The van der Waals surface area contributed by atoms with Gasteiger partial charge in [-0.2, -0.15) is 0 Å². The predicted octanol–water partition coefficient (Wildman–Crippen LogP) is 6.65. The fourth-order valence-electron chi connectivity index (χ4n) is 7.32. The second-order valence-electron chi connectivity index (χ2n) is 12.1. The Kier molecular flexibility index (Phi) is 9.92. The summed E-state index contributed by atoms with van der Waals surface area (Å²) in [5.41, 5.74) is 8.05. The third kappa shape index (κ3) is 6.05. The van der Waals surface area contributed by atoms with Gasteiger partial charge in [-0.3, -0.25) is 0 Å². The number of hydrogen-bond acceptors (Lipinski definition) is 4. The van der Waals surface area contributed by atoms with Gasteiger partial charge in [0.05, 0.1) is 26.4 Å². The van der Waals surface area contributed by atoms with Gasteiger partial charge in [-0.05, 0) is 57.9 Å². The molecule has 2 heterocycles. The minimum atomic E-state index is -0.253. The summed E-state index contributed by atoms with van der Waals surface area (Å²) in [5, 5.41) is 0. The van der Waals surface area contributed by atoms with Crippen molar-refractivity contribution in [2.45, 2.75) is 97.3 Å². The maximum absolute atomic E-state index is 5.99. The molecule has 2 atom stereocenters. The van der Waals surface area contributed by atoms with Crippen molar-refractivity contribution in [3.05, 3.63) is 47.5 Å². The zero-order valence-electron chi connectivity index (χ0n) is 24.8. The molecule has 5 rings (SSSR count). The Morgan fingerprint density at radius 3 is 1.41 bits per heavy atom. The van der Waals surface area contributed by atoms with Crippen LogP contribution in [0, 0.1) is 11.8 Å². The minimum absolute atomic E-state index is 0.0310. The second kappa shape index (κ2) is 13.4. The summed E-state index contributed by atoms with van der Waals surface area (Å²) in [5.74, 6) is 1.38. The molecule has 0 amide bonds. The van der Waals surface area contributed by atoms with Crippen molar-refractivity contribution in [2.24, 2.45) is 11.8 Å². The average Bonchev–Trinajstić information content (AvgIpc) is 3.75. The van der Waals surface area contributed by atoms with Gasteiger partial charge in [-0.15, -0.1) is 0 Å². The summed E-state index contributed by atoms with van der Waals surface area (Å²) >= 11 is 0. The van der Waals surface area contributed by atoms with Crippen molar-refractivity contribution in [1.29, 1.82) is 0 Å². The van der Waals surface area contributed by atoms with E-state index >= 15 is 0 Å². The fraction of sp³-hybridized carbons (Fsp3) is 0.636. The van der Waals surface area contributed by atoms with E-state index in [0.29, 0.717) is 38.3 Å². The van der Waals surface area contributed by atoms with Gasteiger partial charge in [0.25, 0.3) is 0 Å². The van der Waals surface area contributed by atoms with Crippen LogP contribution in [0.5, 0.6) is 0 Å². The molecule has 2 saturated heterocycles. The molecule has 210 valence electrons. The van der Waals surface area contributed by atoms with Crippen molar-refractivity contribution in [2.75, 3.05) is 26.4 Å². The van der Waals surface area contributed by atoms with Crippen LogP contribution in [-0.2, 0) is 24.0 Å². The van der Waals surface area contributed by atoms with Gasteiger partial charge in [0.1, 0.15) is 0 Å². The van der Waals surface area contributed by atoms with E-state index in [2.05, 4.69) is 64.1 Å². The molecular weight excluding hydrogens is 482 g/mol. The molecule has 0 saturated carbocycles. The summed E-state index contributed by atoms with van der Waals surface area (Å²) in [6.45, 7) is 12.1. The fourth-order valence-corrected chi connectivity index (χ4v) is 7.32. The van der Waals surface area contributed by atoms with Crippen molar-refractivity contribution >= 4 is 25.2 Å². The molecule has 39 heavy (non-hydrogen) atoms. The lowest BCUT2D eigenvalue weighted by Gasteiger charge is -2.39. The highest BCUT2D eigenvalue weighted by molar-refractivity contribution is 6.62. The molecule has 2 unspecified atom stereocenters. The molecule has 4 nitrogen and oxygen atoms in total. The maximum atomic E-state index is 5.99. The van der Waals surface area contributed by atoms with Gasteiger partial charge in [-0.1, -0.05) is 115 Å². The molecule has 0 radical (unpaired) electrons. The van der Waals surface area contributed by atoms with E-state index in [4.69, 9.17) is 18.6 Å². The Morgan fingerprint density at radius 2 is 1.05 bits per heavy atom. The Labute approximate surface area is 237 Å². The number of rotatable bonds is 14. The molecule has 2 aromatic carbocycles. The van der Waals surface area contributed by atoms with Crippen molar-refractivity contribution in [1.82, 2.24) is 0 Å². The Bertz CT molecular complexity index is 992. The summed E-state index contributed by atoms with van der Waals surface area (Å²) in [7, 11) is -0.506. The first kappa shape index (κ1) is 28.9. The lowest BCUT2D eigenvalue weighted by molar-refractivity contribution is 0.266. The van der Waals surface area contributed by atoms with E-state index in [-0.39, 0.29) is 19.7 Å². The van der Waals surface area contributed by atoms with Gasteiger partial charge in [0, 0.05) is 5.41 Å². The van der Waals surface area contributed by atoms with Crippen molar-refractivity contribution in [3.63, 3.8) is 0 Å². The van der Waals surface area contributed by atoms with Crippen LogP contribution < -0.4 is 10.9 Å². The number of unbranched alkanes of at least 4 members (excludes halogenated alkanes) is 2. The highest BCUT2D eigenvalue weighted by Crippen LogP contribution is 2.56. The van der Waals surface area contributed by atoms with E-state index in [0.717, 1.165) is 10.9 Å². The summed E-state index contributed by atoms with van der Waals surface area (Å²) in [6.07, 6.45) is 12.5. The zero-order chi connectivity index (χ0) is 27.2. The maximum Gasteiger partial charge on any atom is 0.494 e. The Balaban J connectivity index is 1.66. The van der Waals surface area contributed by atoms with Gasteiger partial charge in [-0.25, -0.2) is 0 Å². The van der Waals surface area contributed by atoms with Gasteiger partial charge in [0.2, 0.25) is 0 Å². The smallest absolute Gasteiger partial charge is 0.405 e. The second-order valence-corrected chi connectivity index (χ2v) is 12.1. The lowest BCUT2D eigenvalue weighted by atomic mass is 9.63. The summed E-state index contributed by atoms with van der Waals surface area (Å²) in [6, 6.07) is 14.1. The van der Waals surface area contributed by atoms with Crippen LogP contribution in [0.2, 0.25) is 0 Å². The molecule has 0 N–H and O–H groups in total. The van der Waals surface area contributed by atoms with Crippen LogP contribution in [0.25, 0.3) is 11.1 Å². The van der Waals surface area contributed by atoms with E-state index in [9.17, 15) is 0 Å². The quantitative estimate of drug-likeness (QED) is 0.257. The topological polar surface area (TPSA) is 36.9 Å². The molecule has 2 aromatic rings. The molecule has 0 bridgehead atoms. The van der Waals surface area contributed by atoms with Crippen LogP contribution in [0.1, 0.15) is 103 Å². The highest BCUT2D eigenvalue weighted by Gasteiger charge is 2.46. The lowest BCUT2D eigenvalue weighted by Crippen LogP contribution is -2.37. The van der Waals surface area contributed by atoms with E-state index in [1.807, 2.05) is 0 Å². The van der Waals surface area contributed by atoms with Crippen LogP contribution in [0.15, 0.2) is 36.4 Å². The molecule has 3 aliphatic rings. The first-order valence-electron chi connectivity index (χ1n) is 15.9. The Morgan fingerprint density at radius 1 is 0.641 bits per heavy atom. The van der Waals surface area contributed by atoms with Crippen molar-refractivity contribution < 1.29 is 18.6 Å². The molecule has 6 heteroatoms. The standard InChI is InChI=1S/C33H48B2O4/c1-5-9-11-25(7-3)23-33(24-26(8-4)12-10-6-2)31-21-27(34-36-17-18-37-34)13-15-29(31)30-16-14-28(22-32(30)33)35-38-19-20-39-35/h13-16,21-22,25-26H,5-12,17-20,23-24H2,1-4H3. The van der Waals surface area contributed by atoms with Crippen LogP contribution in [0.3, 0.4) is 0 Å². The third-order valence-electron chi connectivity index (χ3n) is 9.56. The van der Waals surface area contributed by atoms with Crippen LogP contribution in [0.4, 0.5) is 0 Å². The van der Waals surface area contributed by atoms with Crippen molar-refractivity contribution in [3.8, 4) is 11.1 Å². The van der Waals surface area contributed by atoms with E-state index < -0.39 is 0 Å². The van der Waals surface area contributed by atoms with E-state index in [1.54, 1.807) is 0 Å². The first-order valence-corrected chi connectivity index (χ1v) is 15.9. The monoisotopic (exact) mass is 530 g/mol. The summed E-state index contributed by atoms with van der Waals surface area (Å²) in [4.78, 5) is 0. The summed E-state index contributed by atoms with van der Waals surface area (Å²) < 4.78 is 23.9. The first-order chi connectivity index (χ1) is 19.1. The van der Waals surface area contributed by atoms with Gasteiger partial charge in [0.15, 0.2) is 0 Å². The minimum Gasteiger partial charge on any atom is -0.405 e. The highest BCUT2D eigenvalue weighted by atomic mass is 16.6. The number of hydrogen-bond donors (Lipinski definition) is 0. The molecule has 0 spiro atoms. The average molecular weight is 530 g/mol. The normalized spacial score (nSPS) is 19.4. The third-order valence-corrected chi connectivity index (χ3v) is 9.56. The SMILES string of the molecule is CCCCC(CC)CC1(CC(CC)CCCC)c2cc(B3OCCO3)ccc2-c2ccc(B3OCCO3)cc21. The molecular formula is C33H48B2O4. The zero-order valence-corrected chi connectivity index (χ0v) is 24.8. The van der Waals surface area contributed by atoms with Crippen LogP contribution >= 0.6 is 0 Å². The molecule has 1 aliphatic carbocycles. The molecule has 2 fully saturated rings. The largest absolute Gasteiger partial charge is 0.494 e. The number of fused-ring (bicyclic) bond motifs is 3. The van der Waals surface area contributed by atoms with Crippen LogP contribution in [-0.4, -0.2) is 40.7 Å². The Hall–Kier alpha value is -1.59. The van der Waals surface area contributed by atoms with Gasteiger partial charge >= 0.3 is 14.2 Å². The number of benzene rings is 2. The van der Waals surface area contributed by atoms with Gasteiger partial charge < -0.3 is 18.6 Å². The molecule has 0 aromatic heterocycles. The van der Waals surface area contributed by atoms with E-state index in [1.165, 1.54) is 86.5 Å². The molecule has 2 aliphatic heterocycles. The predicted molar refractivity (Wildman–Crippen MR) is 163 cm³/mol.